The smallest absolute Gasteiger partial charge is 0.266 e. The Kier molecular flexibility index (Phi) is 6.15. The number of thioether (sulfide) groups is 1. The third kappa shape index (κ3) is 4.88. The Morgan fingerprint density at radius 1 is 1.26 bits per heavy atom. The predicted molar refractivity (Wildman–Crippen MR) is 113 cm³/mol. The van der Waals surface area contributed by atoms with Gasteiger partial charge in [0.2, 0.25) is 5.91 Å². The van der Waals surface area contributed by atoms with E-state index in [1.165, 1.54) is 28.8 Å². The number of carbonyl (C=O) groups excluding carboxylic acids is 2. The van der Waals surface area contributed by atoms with Crippen molar-refractivity contribution in [2.75, 3.05) is 11.9 Å². The molecule has 0 atom stereocenters. The van der Waals surface area contributed by atoms with Gasteiger partial charge in [-0.3, -0.25) is 14.5 Å². The molecule has 0 radical (unpaired) electrons. The number of anilines is 1. The highest BCUT2D eigenvalue weighted by atomic mass is 35.5. The predicted octanol–water partition coefficient (Wildman–Crippen LogP) is 4.28. The van der Waals surface area contributed by atoms with Gasteiger partial charge in [0.05, 0.1) is 4.91 Å². The van der Waals surface area contributed by atoms with Crippen LogP contribution in [0.5, 0.6) is 5.75 Å². The Bertz CT molecular complexity index is 946. The van der Waals surface area contributed by atoms with Crippen molar-refractivity contribution in [3.05, 3.63) is 64.0 Å². The van der Waals surface area contributed by atoms with Gasteiger partial charge in [-0.05, 0) is 29.8 Å². The third-order valence-electron chi connectivity index (χ3n) is 3.76. The van der Waals surface area contributed by atoms with Crippen LogP contribution in [-0.2, 0) is 9.59 Å². The van der Waals surface area contributed by atoms with Gasteiger partial charge >= 0.3 is 0 Å². The lowest BCUT2D eigenvalue weighted by Crippen LogP contribution is -2.31. The number of hydrogen-bond donors (Lipinski definition) is 2. The monoisotopic (exact) mass is 418 g/mol. The fourth-order valence-electron chi connectivity index (χ4n) is 2.45. The molecule has 2 N–H and O–H groups in total. The lowest BCUT2D eigenvalue weighted by atomic mass is 10.2. The molecule has 0 aliphatic carbocycles. The number of carbonyl (C=O) groups is 2. The molecule has 138 valence electrons. The van der Waals surface area contributed by atoms with E-state index in [4.69, 9.17) is 23.8 Å². The number of hydrogen-bond acceptors (Lipinski definition) is 5. The average molecular weight is 419 g/mol. The maximum absolute atomic E-state index is 12.6. The number of thiocarbonyl (C=S) groups is 1. The van der Waals surface area contributed by atoms with Crippen LogP contribution in [0.2, 0.25) is 5.02 Å². The molecule has 8 heteroatoms. The minimum absolute atomic E-state index is 0.0643. The molecular weight excluding hydrogens is 404 g/mol. The molecule has 0 bridgehead atoms. The molecule has 27 heavy (non-hydrogen) atoms. The summed E-state index contributed by atoms with van der Waals surface area (Å²) in [4.78, 5) is 26.6. The zero-order valence-electron chi connectivity index (χ0n) is 14.0. The first-order valence-electron chi connectivity index (χ1n) is 8.03. The summed E-state index contributed by atoms with van der Waals surface area (Å²) in [5.41, 5.74) is 1.23. The summed E-state index contributed by atoms with van der Waals surface area (Å²) < 4.78 is 0.406. The van der Waals surface area contributed by atoms with Gasteiger partial charge in [0.1, 0.15) is 10.1 Å². The molecular formula is C19H15ClN2O3S2. The van der Waals surface area contributed by atoms with Crippen molar-refractivity contribution >= 4 is 63.5 Å². The third-order valence-corrected chi connectivity index (χ3v) is 5.48. The van der Waals surface area contributed by atoms with E-state index in [1.807, 2.05) is 18.2 Å². The minimum atomic E-state index is -0.273. The van der Waals surface area contributed by atoms with Gasteiger partial charge in [0.15, 0.2) is 0 Å². The van der Waals surface area contributed by atoms with E-state index in [2.05, 4.69) is 5.32 Å². The van der Waals surface area contributed by atoms with E-state index < -0.39 is 0 Å². The Hall–Kier alpha value is -2.35. The van der Waals surface area contributed by atoms with Gasteiger partial charge in [-0.15, -0.1) is 0 Å². The molecule has 1 heterocycles. The number of phenolic OH excluding ortho intramolecular Hbond substituents is 1. The molecule has 2 aromatic rings. The van der Waals surface area contributed by atoms with Crippen LogP contribution >= 0.6 is 35.6 Å². The van der Waals surface area contributed by atoms with E-state index in [0.717, 1.165) is 5.56 Å². The standard InChI is InChI=1S/C19H15ClN2O3S2/c20-15-7-2-1-4-12(15)10-16-18(25)22(19(26)27-16)9-8-17(24)21-13-5-3-6-14(23)11-13/h1-7,10-11,23H,8-9H2,(H,21,24). The Morgan fingerprint density at radius 3 is 2.78 bits per heavy atom. The number of phenols is 1. The first-order chi connectivity index (χ1) is 12.9. The van der Waals surface area contributed by atoms with Crippen molar-refractivity contribution in [3.63, 3.8) is 0 Å². The van der Waals surface area contributed by atoms with E-state index in [-0.39, 0.29) is 30.5 Å². The highest BCUT2D eigenvalue weighted by Gasteiger charge is 2.32. The number of rotatable bonds is 5. The SMILES string of the molecule is O=C(CCN1C(=O)C(=Cc2ccccc2Cl)SC1=S)Nc1cccc(O)c1. The normalized spacial score (nSPS) is 15.4. The topological polar surface area (TPSA) is 69.6 Å². The molecule has 0 saturated carbocycles. The van der Waals surface area contributed by atoms with Gasteiger partial charge < -0.3 is 10.4 Å². The molecule has 0 unspecified atom stereocenters. The lowest BCUT2D eigenvalue weighted by molar-refractivity contribution is -0.122. The molecule has 5 nitrogen and oxygen atoms in total. The van der Waals surface area contributed by atoms with E-state index in [0.29, 0.717) is 19.9 Å². The van der Waals surface area contributed by atoms with Crippen molar-refractivity contribution in [3.8, 4) is 5.75 Å². The van der Waals surface area contributed by atoms with Gasteiger partial charge in [-0.2, -0.15) is 0 Å². The highest BCUT2D eigenvalue weighted by molar-refractivity contribution is 8.26. The van der Waals surface area contributed by atoms with Crippen molar-refractivity contribution in [1.82, 2.24) is 4.90 Å². The summed E-state index contributed by atoms with van der Waals surface area (Å²) in [5.74, 6) is -0.450. The number of benzene rings is 2. The van der Waals surface area contributed by atoms with Gasteiger partial charge in [-0.1, -0.05) is 59.8 Å². The van der Waals surface area contributed by atoms with Crippen LogP contribution in [0, 0.1) is 0 Å². The van der Waals surface area contributed by atoms with Crippen LogP contribution < -0.4 is 5.32 Å². The average Bonchev–Trinajstić information content (AvgIpc) is 2.88. The quantitative estimate of drug-likeness (QED) is 0.560. The molecule has 1 saturated heterocycles. The summed E-state index contributed by atoms with van der Waals surface area (Å²) in [5, 5.41) is 12.7. The maximum atomic E-state index is 12.6. The fraction of sp³-hybridized carbons (Fsp3) is 0.105. The second-order valence-corrected chi connectivity index (χ2v) is 7.79. The zero-order valence-corrected chi connectivity index (χ0v) is 16.4. The number of halogens is 1. The first kappa shape index (κ1) is 19.4. The molecule has 1 fully saturated rings. The number of nitrogens with zero attached hydrogens (tertiary/aromatic N) is 1. The number of nitrogens with one attached hydrogen (secondary N) is 1. The van der Waals surface area contributed by atoms with Crippen LogP contribution in [0.4, 0.5) is 5.69 Å². The molecule has 3 rings (SSSR count). The van der Waals surface area contributed by atoms with Crippen LogP contribution in [-0.4, -0.2) is 32.7 Å². The second-order valence-electron chi connectivity index (χ2n) is 5.70. The van der Waals surface area contributed by atoms with Crippen molar-refractivity contribution in [1.29, 1.82) is 0 Å². The molecule has 1 aliphatic heterocycles. The molecule has 2 amide bonds. The summed E-state index contributed by atoms with van der Waals surface area (Å²) in [6, 6.07) is 13.5. The highest BCUT2D eigenvalue weighted by Crippen LogP contribution is 2.33. The number of amides is 2. The van der Waals surface area contributed by atoms with Gasteiger partial charge in [0, 0.05) is 29.7 Å². The van der Waals surface area contributed by atoms with Crippen LogP contribution in [0.15, 0.2) is 53.4 Å². The van der Waals surface area contributed by atoms with E-state index >= 15 is 0 Å². The van der Waals surface area contributed by atoms with Crippen molar-refractivity contribution in [2.24, 2.45) is 0 Å². The molecule has 0 aromatic heterocycles. The Morgan fingerprint density at radius 2 is 2.04 bits per heavy atom. The van der Waals surface area contributed by atoms with Crippen molar-refractivity contribution < 1.29 is 14.7 Å². The van der Waals surface area contributed by atoms with Crippen molar-refractivity contribution in [2.45, 2.75) is 6.42 Å². The lowest BCUT2D eigenvalue weighted by Gasteiger charge is -2.14. The van der Waals surface area contributed by atoms with Gasteiger partial charge in [-0.25, -0.2) is 0 Å². The molecule has 2 aromatic carbocycles. The molecule has 0 spiro atoms. The van der Waals surface area contributed by atoms with Crippen LogP contribution in [0.25, 0.3) is 6.08 Å². The van der Waals surface area contributed by atoms with Crippen LogP contribution in [0.1, 0.15) is 12.0 Å². The largest absolute Gasteiger partial charge is 0.508 e. The minimum Gasteiger partial charge on any atom is -0.508 e. The summed E-state index contributed by atoms with van der Waals surface area (Å²) >= 11 is 12.6. The zero-order chi connectivity index (χ0) is 19.4. The first-order valence-corrected chi connectivity index (χ1v) is 9.63. The Balaban J connectivity index is 1.62. The maximum Gasteiger partial charge on any atom is 0.266 e. The Labute approximate surface area is 171 Å². The van der Waals surface area contributed by atoms with Crippen LogP contribution in [0.3, 0.4) is 0 Å². The summed E-state index contributed by atoms with van der Waals surface area (Å²) in [6.45, 7) is 0.176. The number of aromatic hydroxyl groups is 1. The second kappa shape index (κ2) is 8.56. The van der Waals surface area contributed by atoms with Gasteiger partial charge in [0.25, 0.3) is 5.91 Å². The summed E-state index contributed by atoms with van der Waals surface area (Å²) in [6.07, 6.45) is 1.79. The molecule has 1 aliphatic rings. The summed E-state index contributed by atoms with van der Waals surface area (Å²) in [7, 11) is 0. The van der Waals surface area contributed by atoms with E-state index in [9.17, 15) is 14.7 Å². The fourth-order valence-corrected chi connectivity index (χ4v) is 3.94. The van der Waals surface area contributed by atoms with E-state index in [1.54, 1.807) is 24.3 Å².